The molecule has 2 aromatic carbocycles. The summed E-state index contributed by atoms with van der Waals surface area (Å²) >= 11 is 0. The molecule has 2 saturated heterocycles. The van der Waals surface area contributed by atoms with Crippen LogP contribution in [0.4, 0.5) is 14.5 Å². The summed E-state index contributed by atoms with van der Waals surface area (Å²) in [5, 5.41) is 2.77. The first kappa shape index (κ1) is 19.0. The molecule has 1 N–H and O–H groups in total. The van der Waals surface area contributed by atoms with Gasteiger partial charge in [-0.25, -0.2) is 8.78 Å². The summed E-state index contributed by atoms with van der Waals surface area (Å²) in [7, 11) is 0. The van der Waals surface area contributed by atoms with Crippen molar-refractivity contribution in [1.29, 1.82) is 0 Å². The molecule has 0 bridgehead atoms. The van der Waals surface area contributed by atoms with E-state index in [4.69, 9.17) is 0 Å². The van der Waals surface area contributed by atoms with E-state index in [9.17, 15) is 23.2 Å². The maximum absolute atomic E-state index is 14.1. The zero-order chi connectivity index (χ0) is 20.5. The van der Waals surface area contributed by atoms with Crippen LogP contribution in [0.5, 0.6) is 0 Å². The summed E-state index contributed by atoms with van der Waals surface area (Å²) in [4.78, 5) is 40.8. The van der Waals surface area contributed by atoms with E-state index in [2.05, 4.69) is 5.32 Å². The van der Waals surface area contributed by atoms with Crippen LogP contribution in [0, 0.1) is 17.6 Å². The Kier molecular flexibility index (Phi) is 5.00. The average Bonchev–Trinajstić information content (AvgIpc) is 3.09. The van der Waals surface area contributed by atoms with Crippen molar-refractivity contribution in [3.63, 3.8) is 0 Å². The SMILES string of the molecule is O=C1NCCN(C(=O)[C@H]2CC(=O)N(c3ccc(F)cc3F)C2)[C@H]1c1ccccc1. The smallest absolute Gasteiger partial charge is 0.247 e. The molecule has 150 valence electrons. The van der Waals surface area contributed by atoms with Gasteiger partial charge in [0.25, 0.3) is 0 Å². The lowest BCUT2D eigenvalue weighted by Crippen LogP contribution is -2.53. The van der Waals surface area contributed by atoms with Crippen molar-refractivity contribution < 1.29 is 23.2 Å². The zero-order valence-corrected chi connectivity index (χ0v) is 15.5. The Bertz CT molecular complexity index is 967. The molecule has 2 fully saturated rings. The first-order chi connectivity index (χ1) is 14.0. The molecule has 0 aromatic heterocycles. The molecular formula is C21H19F2N3O3. The predicted octanol–water partition coefficient (Wildman–Crippen LogP) is 2.02. The van der Waals surface area contributed by atoms with Gasteiger partial charge in [-0.1, -0.05) is 30.3 Å². The Labute approximate surface area is 166 Å². The highest BCUT2D eigenvalue weighted by Gasteiger charge is 2.42. The quantitative estimate of drug-likeness (QED) is 0.859. The van der Waals surface area contributed by atoms with Gasteiger partial charge in [-0.3, -0.25) is 14.4 Å². The van der Waals surface area contributed by atoms with E-state index < -0.39 is 29.5 Å². The first-order valence-corrected chi connectivity index (χ1v) is 9.34. The molecule has 2 aliphatic rings. The number of nitrogens with zero attached hydrogens (tertiary/aromatic N) is 2. The minimum Gasteiger partial charge on any atom is -0.352 e. The molecule has 3 amide bonds. The number of amides is 3. The fourth-order valence-electron chi connectivity index (χ4n) is 3.91. The zero-order valence-electron chi connectivity index (χ0n) is 15.5. The summed E-state index contributed by atoms with van der Waals surface area (Å²) < 4.78 is 27.3. The maximum Gasteiger partial charge on any atom is 0.247 e. The van der Waals surface area contributed by atoms with Gasteiger partial charge in [-0.2, -0.15) is 0 Å². The van der Waals surface area contributed by atoms with Gasteiger partial charge in [0, 0.05) is 32.1 Å². The fraction of sp³-hybridized carbons (Fsp3) is 0.286. The monoisotopic (exact) mass is 399 g/mol. The minimum atomic E-state index is -0.856. The third-order valence-electron chi connectivity index (χ3n) is 5.29. The molecule has 8 heteroatoms. The third kappa shape index (κ3) is 3.57. The largest absolute Gasteiger partial charge is 0.352 e. The normalized spacial score (nSPS) is 22.0. The molecule has 0 unspecified atom stereocenters. The van der Waals surface area contributed by atoms with Crippen LogP contribution in [-0.2, 0) is 14.4 Å². The highest BCUT2D eigenvalue weighted by molar-refractivity contribution is 6.01. The number of halogens is 2. The van der Waals surface area contributed by atoms with Gasteiger partial charge < -0.3 is 15.1 Å². The third-order valence-corrected chi connectivity index (χ3v) is 5.29. The molecule has 2 heterocycles. The van der Waals surface area contributed by atoms with Crippen molar-refractivity contribution in [1.82, 2.24) is 10.2 Å². The summed E-state index contributed by atoms with van der Waals surface area (Å²) in [5.41, 5.74) is 0.631. The van der Waals surface area contributed by atoms with Crippen LogP contribution in [0.1, 0.15) is 18.0 Å². The van der Waals surface area contributed by atoms with Crippen molar-refractivity contribution in [3.8, 4) is 0 Å². The average molecular weight is 399 g/mol. The predicted molar refractivity (Wildman–Crippen MR) is 101 cm³/mol. The number of anilines is 1. The van der Waals surface area contributed by atoms with Crippen LogP contribution in [-0.4, -0.2) is 42.3 Å². The van der Waals surface area contributed by atoms with Crippen LogP contribution >= 0.6 is 0 Å². The van der Waals surface area contributed by atoms with Gasteiger partial charge in [0.05, 0.1) is 11.6 Å². The van der Waals surface area contributed by atoms with E-state index in [1.165, 1.54) is 15.9 Å². The lowest BCUT2D eigenvalue weighted by molar-refractivity contribution is -0.146. The van der Waals surface area contributed by atoms with Crippen LogP contribution in [0.2, 0.25) is 0 Å². The molecule has 4 rings (SSSR count). The topological polar surface area (TPSA) is 69.7 Å². The molecule has 0 aliphatic carbocycles. The summed E-state index contributed by atoms with van der Waals surface area (Å²) in [6, 6.07) is 11.1. The van der Waals surface area contributed by atoms with Crippen molar-refractivity contribution in [3.05, 3.63) is 65.7 Å². The minimum absolute atomic E-state index is 0.0140. The van der Waals surface area contributed by atoms with E-state index >= 15 is 0 Å². The summed E-state index contributed by atoms with van der Waals surface area (Å²) in [6.07, 6.45) is -0.0880. The van der Waals surface area contributed by atoms with Crippen molar-refractivity contribution >= 4 is 23.4 Å². The van der Waals surface area contributed by atoms with E-state index in [-0.39, 0.29) is 30.5 Å². The number of carbonyl (C=O) groups excluding carboxylic acids is 3. The van der Waals surface area contributed by atoms with Crippen LogP contribution in [0.15, 0.2) is 48.5 Å². The van der Waals surface area contributed by atoms with Crippen LogP contribution in [0.3, 0.4) is 0 Å². The van der Waals surface area contributed by atoms with Crippen LogP contribution in [0.25, 0.3) is 0 Å². The Balaban J connectivity index is 1.57. The highest BCUT2D eigenvalue weighted by Crippen LogP contribution is 2.31. The van der Waals surface area contributed by atoms with Gasteiger partial charge in [0.2, 0.25) is 17.7 Å². The van der Waals surface area contributed by atoms with Crippen molar-refractivity contribution in [2.24, 2.45) is 5.92 Å². The van der Waals surface area contributed by atoms with Crippen LogP contribution < -0.4 is 10.2 Å². The standard InChI is InChI=1S/C21H19F2N3O3/c22-15-6-7-17(16(23)11-15)26-12-14(10-18(26)27)21(29)25-9-8-24-20(28)19(25)13-4-2-1-3-5-13/h1-7,11,14,19H,8-10,12H2,(H,24,28)/t14-,19-/m0/s1. The fourth-order valence-corrected chi connectivity index (χ4v) is 3.91. The highest BCUT2D eigenvalue weighted by atomic mass is 19.1. The Morgan fingerprint density at radius 3 is 2.55 bits per heavy atom. The lowest BCUT2D eigenvalue weighted by Gasteiger charge is -2.36. The molecule has 0 radical (unpaired) electrons. The van der Waals surface area contributed by atoms with E-state index in [1.807, 2.05) is 6.07 Å². The Morgan fingerprint density at radius 1 is 1.07 bits per heavy atom. The molecule has 6 nitrogen and oxygen atoms in total. The van der Waals surface area contributed by atoms with E-state index in [0.29, 0.717) is 24.7 Å². The number of carbonyl (C=O) groups is 3. The van der Waals surface area contributed by atoms with E-state index in [0.717, 1.165) is 6.07 Å². The van der Waals surface area contributed by atoms with E-state index in [1.54, 1.807) is 24.3 Å². The molecule has 2 aromatic rings. The summed E-state index contributed by atoms with van der Waals surface area (Å²) in [6.45, 7) is 0.629. The Hall–Kier alpha value is -3.29. The second kappa shape index (κ2) is 7.62. The van der Waals surface area contributed by atoms with Crippen molar-refractivity contribution in [2.75, 3.05) is 24.5 Å². The second-order valence-electron chi connectivity index (χ2n) is 7.14. The number of nitrogens with one attached hydrogen (secondary N) is 1. The molecule has 29 heavy (non-hydrogen) atoms. The van der Waals surface area contributed by atoms with Crippen molar-refractivity contribution in [2.45, 2.75) is 12.5 Å². The molecule has 0 spiro atoms. The summed E-state index contributed by atoms with van der Waals surface area (Å²) in [5.74, 6) is -3.31. The molecule has 2 atom stereocenters. The number of hydrogen-bond acceptors (Lipinski definition) is 3. The number of hydrogen-bond donors (Lipinski definition) is 1. The number of piperazine rings is 1. The number of benzene rings is 2. The lowest BCUT2D eigenvalue weighted by atomic mass is 9.99. The van der Waals surface area contributed by atoms with Gasteiger partial charge in [0.1, 0.15) is 17.7 Å². The molecular weight excluding hydrogens is 380 g/mol. The van der Waals surface area contributed by atoms with Gasteiger partial charge >= 0.3 is 0 Å². The maximum atomic E-state index is 14.1. The van der Waals surface area contributed by atoms with Gasteiger partial charge in [-0.05, 0) is 17.7 Å². The molecule has 0 saturated carbocycles. The van der Waals surface area contributed by atoms with Gasteiger partial charge in [0.15, 0.2) is 0 Å². The van der Waals surface area contributed by atoms with Gasteiger partial charge in [-0.15, -0.1) is 0 Å². The second-order valence-corrected chi connectivity index (χ2v) is 7.14. The molecule has 2 aliphatic heterocycles. The first-order valence-electron chi connectivity index (χ1n) is 9.34. The Morgan fingerprint density at radius 2 is 1.83 bits per heavy atom. The number of rotatable bonds is 3.